The molecule has 15 heavy (non-hydrogen) atoms. The van der Waals surface area contributed by atoms with Gasteiger partial charge in [0.15, 0.2) is 0 Å². The van der Waals surface area contributed by atoms with Gasteiger partial charge in [-0.25, -0.2) is 0 Å². The van der Waals surface area contributed by atoms with Crippen molar-refractivity contribution in [3.63, 3.8) is 0 Å². The summed E-state index contributed by atoms with van der Waals surface area (Å²) < 4.78 is 0. The molecule has 0 saturated carbocycles. The van der Waals surface area contributed by atoms with E-state index in [0.29, 0.717) is 0 Å². The number of hydrogen-bond acceptors (Lipinski definition) is 1. The van der Waals surface area contributed by atoms with E-state index < -0.39 is 5.97 Å². The van der Waals surface area contributed by atoms with E-state index in [1.807, 2.05) is 6.08 Å². The van der Waals surface area contributed by atoms with E-state index in [2.05, 4.69) is 31.2 Å². The molecule has 0 aromatic rings. The molecule has 0 spiro atoms. The second-order valence-corrected chi connectivity index (χ2v) is 3.23. The molecular formula is C13H20O2. The Morgan fingerprint density at radius 2 is 1.60 bits per heavy atom. The number of carbonyl (C=O) groups is 1. The minimum absolute atomic E-state index is 0.128. The molecule has 0 aliphatic carbocycles. The molecule has 0 atom stereocenters. The molecule has 2 nitrogen and oxygen atoms in total. The molecule has 0 fully saturated rings. The van der Waals surface area contributed by atoms with Crippen LogP contribution in [0.1, 0.15) is 39.0 Å². The lowest BCUT2D eigenvalue weighted by molar-refractivity contribution is -0.136. The monoisotopic (exact) mass is 208 g/mol. The number of rotatable bonds is 8. The Morgan fingerprint density at radius 3 is 2.20 bits per heavy atom. The minimum atomic E-state index is -0.772. The van der Waals surface area contributed by atoms with Crippen LogP contribution in [0.15, 0.2) is 36.5 Å². The summed E-state index contributed by atoms with van der Waals surface area (Å²) in [5.74, 6) is -0.772. The highest BCUT2D eigenvalue weighted by atomic mass is 16.4. The summed E-state index contributed by atoms with van der Waals surface area (Å²) in [5, 5.41) is 8.36. The number of unbranched alkanes of at least 4 members (excludes halogenated alkanes) is 1. The van der Waals surface area contributed by atoms with Gasteiger partial charge in [0.05, 0.1) is 6.42 Å². The second kappa shape index (κ2) is 10.8. The standard InChI is InChI=1S/C13H20O2/c1-2-3-4-5-6-7-8-9-10-11-12-13(14)15/h3-4,6-7,10-11H,2,5,8-9,12H2,1H3,(H,14,15)/b4-3-,7-6-,11-10-. The van der Waals surface area contributed by atoms with Crippen molar-refractivity contribution < 1.29 is 9.90 Å². The largest absolute Gasteiger partial charge is 0.481 e. The highest BCUT2D eigenvalue weighted by Gasteiger charge is 1.87. The Kier molecular flexibility index (Phi) is 9.83. The number of hydrogen-bond donors (Lipinski definition) is 1. The second-order valence-electron chi connectivity index (χ2n) is 3.23. The summed E-state index contributed by atoms with van der Waals surface area (Å²) in [7, 11) is 0. The zero-order valence-corrected chi connectivity index (χ0v) is 9.36. The quantitative estimate of drug-likeness (QED) is 0.487. The number of carboxylic acids is 1. The van der Waals surface area contributed by atoms with Gasteiger partial charge < -0.3 is 5.11 Å². The summed E-state index contributed by atoms with van der Waals surface area (Å²) in [6, 6.07) is 0. The van der Waals surface area contributed by atoms with E-state index in [0.717, 1.165) is 25.7 Å². The van der Waals surface area contributed by atoms with Gasteiger partial charge in [-0.1, -0.05) is 43.4 Å². The van der Waals surface area contributed by atoms with E-state index in [1.54, 1.807) is 6.08 Å². The Bertz CT molecular complexity index is 237. The number of allylic oxidation sites excluding steroid dienone is 5. The van der Waals surface area contributed by atoms with Crippen molar-refractivity contribution in [1.29, 1.82) is 0 Å². The Morgan fingerprint density at radius 1 is 1.00 bits per heavy atom. The van der Waals surface area contributed by atoms with Crippen molar-refractivity contribution in [3.8, 4) is 0 Å². The fraction of sp³-hybridized carbons (Fsp3) is 0.462. The zero-order chi connectivity index (χ0) is 11.4. The van der Waals surface area contributed by atoms with Gasteiger partial charge >= 0.3 is 5.97 Å². The first-order chi connectivity index (χ1) is 7.27. The maximum atomic E-state index is 10.2. The molecule has 2 heteroatoms. The molecule has 0 heterocycles. The van der Waals surface area contributed by atoms with Gasteiger partial charge in [0.25, 0.3) is 0 Å². The van der Waals surface area contributed by atoms with E-state index in [1.165, 1.54) is 0 Å². The lowest BCUT2D eigenvalue weighted by atomic mass is 10.2. The molecule has 1 N–H and O–H groups in total. The first kappa shape index (κ1) is 13.7. The third-order valence-electron chi connectivity index (χ3n) is 1.80. The van der Waals surface area contributed by atoms with Crippen LogP contribution in [0.25, 0.3) is 0 Å². The van der Waals surface area contributed by atoms with Crippen LogP contribution in [0.5, 0.6) is 0 Å². The predicted molar refractivity (Wildman–Crippen MR) is 63.8 cm³/mol. The number of carboxylic acid groups (broad SMARTS) is 1. The lowest BCUT2D eigenvalue weighted by Gasteiger charge is -1.87. The summed E-state index contributed by atoms with van der Waals surface area (Å²) in [5.41, 5.74) is 0. The molecule has 0 saturated heterocycles. The summed E-state index contributed by atoms with van der Waals surface area (Å²) in [6.07, 6.45) is 16.3. The zero-order valence-electron chi connectivity index (χ0n) is 9.36. The molecule has 0 aliphatic heterocycles. The van der Waals surface area contributed by atoms with E-state index in [9.17, 15) is 4.79 Å². The van der Waals surface area contributed by atoms with Crippen LogP contribution < -0.4 is 0 Å². The average molecular weight is 208 g/mol. The third-order valence-corrected chi connectivity index (χ3v) is 1.80. The SMILES string of the molecule is CC/C=C\C/C=C\CC/C=C\CC(=O)O. The van der Waals surface area contributed by atoms with E-state index >= 15 is 0 Å². The fourth-order valence-corrected chi connectivity index (χ4v) is 1.05. The van der Waals surface area contributed by atoms with Crippen molar-refractivity contribution in [1.82, 2.24) is 0 Å². The maximum absolute atomic E-state index is 10.2. The topological polar surface area (TPSA) is 37.3 Å². The average Bonchev–Trinajstić information content (AvgIpc) is 2.20. The van der Waals surface area contributed by atoms with Crippen LogP contribution in [0, 0.1) is 0 Å². The normalized spacial score (nSPS) is 12.1. The highest BCUT2D eigenvalue weighted by molar-refractivity contribution is 5.68. The van der Waals surface area contributed by atoms with Gasteiger partial charge in [-0.3, -0.25) is 4.79 Å². The first-order valence-electron chi connectivity index (χ1n) is 5.44. The van der Waals surface area contributed by atoms with Crippen LogP contribution in [0.2, 0.25) is 0 Å². The molecule has 84 valence electrons. The van der Waals surface area contributed by atoms with Crippen molar-refractivity contribution in [2.75, 3.05) is 0 Å². The molecule has 0 amide bonds. The predicted octanol–water partition coefficient (Wildman–Crippen LogP) is 3.71. The van der Waals surface area contributed by atoms with Gasteiger partial charge in [0.2, 0.25) is 0 Å². The summed E-state index contributed by atoms with van der Waals surface area (Å²) in [4.78, 5) is 10.2. The Labute approximate surface area is 92.0 Å². The third kappa shape index (κ3) is 12.7. The van der Waals surface area contributed by atoms with Crippen molar-refractivity contribution in [3.05, 3.63) is 36.5 Å². The maximum Gasteiger partial charge on any atom is 0.307 e. The van der Waals surface area contributed by atoms with Crippen LogP contribution >= 0.6 is 0 Å². The van der Waals surface area contributed by atoms with E-state index in [-0.39, 0.29) is 6.42 Å². The smallest absolute Gasteiger partial charge is 0.307 e. The van der Waals surface area contributed by atoms with Gasteiger partial charge in [0.1, 0.15) is 0 Å². The summed E-state index contributed by atoms with van der Waals surface area (Å²) >= 11 is 0. The lowest BCUT2D eigenvalue weighted by Crippen LogP contribution is -1.89. The molecule has 0 rings (SSSR count). The van der Waals surface area contributed by atoms with Gasteiger partial charge in [-0.2, -0.15) is 0 Å². The van der Waals surface area contributed by atoms with E-state index in [4.69, 9.17) is 5.11 Å². The van der Waals surface area contributed by atoms with Crippen molar-refractivity contribution in [2.24, 2.45) is 0 Å². The van der Waals surface area contributed by atoms with Crippen LogP contribution in [-0.2, 0) is 4.79 Å². The molecule has 0 bridgehead atoms. The Hall–Kier alpha value is -1.31. The summed E-state index contributed by atoms with van der Waals surface area (Å²) in [6.45, 7) is 2.12. The van der Waals surface area contributed by atoms with Crippen molar-refractivity contribution in [2.45, 2.75) is 39.0 Å². The molecular weight excluding hydrogens is 188 g/mol. The van der Waals surface area contributed by atoms with Crippen LogP contribution in [0.3, 0.4) is 0 Å². The molecule has 0 aliphatic rings. The fourth-order valence-electron chi connectivity index (χ4n) is 1.05. The van der Waals surface area contributed by atoms with Gasteiger partial charge in [-0.15, -0.1) is 0 Å². The molecule has 0 aromatic heterocycles. The van der Waals surface area contributed by atoms with Gasteiger partial charge in [0, 0.05) is 0 Å². The van der Waals surface area contributed by atoms with Crippen LogP contribution in [0.4, 0.5) is 0 Å². The van der Waals surface area contributed by atoms with Crippen molar-refractivity contribution >= 4 is 5.97 Å². The van der Waals surface area contributed by atoms with Crippen LogP contribution in [-0.4, -0.2) is 11.1 Å². The van der Waals surface area contributed by atoms with Gasteiger partial charge in [-0.05, 0) is 25.7 Å². The Balaban J connectivity index is 3.33. The molecule has 0 radical (unpaired) electrons. The first-order valence-corrected chi connectivity index (χ1v) is 5.44. The number of aliphatic carboxylic acids is 1. The minimum Gasteiger partial charge on any atom is -0.481 e. The highest BCUT2D eigenvalue weighted by Crippen LogP contribution is 1.96. The molecule has 0 aromatic carbocycles. The molecule has 0 unspecified atom stereocenters.